The predicted molar refractivity (Wildman–Crippen MR) is 130 cm³/mol. The highest BCUT2D eigenvalue weighted by molar-refractivity contribution is 5.90. The molecular weight excluding hydrogens is 436 g/mol. The van der Waals surface area contributed by atoms with Crippen molar-refractivity contribution >= 4 is 17.8 Å². The molecule has 1 saturated heterocycles. The van der Waals surface area contributed by atoms with Gasteiger partial charge >= 0.3 is 0 Å². The number of hydrogen-bond donors (Lipinski definition) is 2. The maximum atomic E-state index is 13.8. The summed E-state index contributed by atoms with van der Waals surface area (Å²) < 4.78 is 26.9. The summed E-state index contributed by atoms with van der Waals surface area (Å²) in [4.78, 5) is 18.6. The van der Waals surface area contributed by atoms with Crippen LogP contribution in [-0.2, 0) is 11.2 Å². The first-order valence-corrected chi connectivity index (χ1v) is 11.5. The topological polar surface area (TPSA) is 73.4 Å². The molecule has 0 aliphatic carbocycles. The van der Waals surface area contributed by atoms with Gasteiger partial charge in [-0.1, -0.05) is 12.1 Å². The summed E-state index contributed by atoms with van der Waals surface area (Å²) in [6.07, 6.45) is 7.83. The van der Waals surface area contributed by atoms with Crippen LogP contribution in [0.4, 0.5) is 14.5 Å². The number of aromatic nitrogens is 2. The fraction of sp³-hybridized carbons (Fsp3) is 0.346. The van der Waals surface area contributed by atoms with Gasteiger partial charge < -0.3 is 10.2 Å². The molecule has 4 rings (SSSR count). The molecule has 1 amide bonds. The van der Waals surface area contributed by atoms with Crippen molar-refractivity contribution in [2.75, 3.05) is 32.0 Å². The molecule has 1 aliphatic heterocycles. The molecule has 2 N–H and O–H groups in total. The Morgan fingerprint density at radius 3 is 2.74 bits per heavy atom. The van der Waals surface area contributed by atoms with E-state index in [1.165, 1.54) is 12.1 Å². The number of amides is 1. The smallest absolute Gasteiger partial charge is 0.222 e. The molecule has 1 fully saturated rings. The lowest BCUT2D eigenvalue weighted by Crippen LogP contribution is -2.40. The van der Waals surface area contributed by atoms with Crippen LogP contribution < -0.4 is 5.32 Å². The SMILES string of the molecule is CN=Cc1cc(-c2cn[nH]c2)ccc1NCC1CCN(C(=O)CCc2ccc(F)cc2F)CC1. The van der Waals surface area contributed by atoms with Crippen LogP contribution in [0.1, 0.15) is 30.4 Å². The van der Waals surface area contributed by atoms with Crippen LogP contribution in [0.2, 0.25) is 0 Å². The van der Waals surface area contributed by atoms with Gasteiger partial charge in [-0.05, 0) is 54.5 Å². The number of benzene rings is 2. The second-order valence-electron chi connectivity index (χ2n) is 8.62. The van der Waals surface area contributed by atoms with Crippen molar-refractivity contribution in [3.63, 3.8) is 0 Å². The van der Waals surface area contributed by atoms with Gasteiger partial charge in [0.15, 0.2) is 0 Å². The van der Waals surface area contributed by atoms with Crippen molar-refractivity contribution in [1.29, 1.82) is 0 Å². The van der Waals surface area contributed by atoms with Crippen molar-refractivity contribution in [3.8, 4) is 11.1 Å². The van der Waals surface area contributed by atoms with E-state index in [-0.39, 0.29) is 18.7 Å². The monoisotopic (exact) mass is 465 g/mol. The van der Waals surface area contributed by atoms with Gasteiger partial charge in [-0.15, -0.1) is 0 Å². The zero-order chi connectivity index (χ0) is 23.9. The first-order valence-electron chi connectivity index (χ1n) is 11.5. The van der Waals surface area contributed by atoms with Crippen LogP contribution in [0.3, 0.4) is 0 Å². The number of piperidine rings is 1. The molecule has 0 bridgehead atoms. The lowest BCUT2D eigenvalue weighted by molar-refractivity contribution is -0.132. The second kappa shape index (κ2) is 11.0. The number of hydrogen-bond acceptors (Lipinski definition) is 4. The number of nitrogens with zero attached hydrogens (tertiary/aromatic N) is 3. The van der Waals surface area contributed by atoms with Crippen molar-refractivity contribution in [2.45, 2.75) is 25.7 Å². The lowest BCUT2D eigenvalue weighted by atomic mass is 9.96. The first kappa shape index (κ1) is 23.6. The van der Waals surface area contributed by atoms with E-state index in [1.54, 1.807) is 13.2 Å². The van der Waals surface area contributed by atoms with Gasteiger partial charge in [-0.2, -0.15) is 5.10 Å². The van der Waals surface area contributed by atoms with Crippen molar-refractivity contribution in [3.05, 3.63) is 71.6 Å². The summed E-state index contributed by atoms with van der Waals surface area (Å²) in [5.41, 5.74) is 4.51. The molecule has 6 nitrogen and oxygen atoms in total. The van der Waals surface area contributed by atoms with Crippen molar-refractivity contribution < 1.29 is 13.6 Å². The Bertz CT molecular complexity index is 1140. The Labute approximate surface area is 198 Å². The molecule has 0 atom stereocenters. The highest BCUT2D eigenvalue weighted by atomic mass is 19.1. The quantitative estimate of drug-likeness (QED) is 0.474. The maximum absolute atomic E-state index is 13.8. The van der Waals surface area contributed by atoms with E-state index in [2.05, 4.69) is 38.7 Å². The van der Waals surface area contributed by atoms with Gasteiger partial charge in [0.2, 0.25) is 5.91 Å². The van der Waals surface area contributed by atoms with Gasteiger partial charge in [0, 0.05) is 68.4 Å². The Balaban J connectivity index is 1.26. The molecule has 0 saturated carbocycles. The highest BCUT2D eigenvalue weighted by Crippen LogP contribution is 2.25. The van der Waals surface area contributed by atoms with Crippen LogP contribution in [0, 0.1) is 17.6 Å². The van der Waals surface area contributed by atoms with Gasteiger partial charge in [0.1, 0.15) is 11.6 Å². The summed E-state index contributed by atoms with van der Waals surface area (Å²) in [6, 6.07) is 9.71. The zero-order valence-electron chi connectivity index (χ0n) is 19.2. The van der Waals surface area contributed by atoms with Crippen molar-refractivity contribution in [1.82, 2.24) is 15.1 Å². The normalized spacial score (nSPS) is 14.6. The summed E-state index contributed by atoms with van der Waals surface area (Å²) in [6.45, 7) is 2.21. The Hall–Kier alpha value is -3.55. The number of aryl methyl sites for hydroxylation is 1. The number of nitrogens with one attached hydrogen (secondary N) is 2. The molecule has 2 aromatic carbocycles. The largest absolute Gasteiger partial charge is 0.384 e. The van der Waals surface area contributed by atoms with Crippen molar-refractivity contribution in [2.24, 2.45) is 10.9 Å². The fourth-order valence-electron chi connectivity index (χ4n) is 4.32. The molecule has 3 aromatic rings. The number of carbonyl (C=O) groups excluding carboxylic acids is 1. The second-order valence-corrected chi connectivity index (χ2v) is 8.62. The third kappa shape index (κ3) is 5.87. The molecule has 34 heavy (non-hydrogen) atoms. The Morgan fingerprint density at radius 1 is 1.21 bits per heavy atom. The van der Waals surface area contributed by atoms with E-state index < -0.39 is 11.6 Å². The number of likely N-dealkylation sites (tertiary alicyclic amines) is 1. The highest BCUT2D eigenvalue weighted by Gasteiger charge is 2.23. The van der Waals surface area contributed by atoms with Gasteiger partial charge in [-0.3, -0.25) is 14.9 Å². The van der Waals surface area contributed by atoms with E-state index >= 15 is 0 Å². The molecule has 0 radical (unpaired) electrons. The number of anilines is 1. The number of aliphatic imine (C=N–C) groups is 1. The van der Waals surface area contributed by atoms with Gasteiger partial charge in [0.05, 0.1) is 6.20 Å². The van der Waals surface area contributed by atoms with E-state index in [9.17, 15) is 13.6 Å². The summed E-state index contributed by atoms with van der Waals surface area (Å²) >= 11 is 0. The summed E-state index contributed by atoms with van der Waals surface area (Å²) in [5, 5.41) is 10.4. The number of halogens is 2. The number of H-pyrrole nitrogens is 1. The molecule has 1 aliphatic rings. The summed E-state index contributed by atoms with van der Waals surface area (Å²) in [5.74, 6) is -0.723. The first-order chi connectivity index (χ1) is 16.5. The third-order valence-electron chi connectivity index (χ3n) is 6.32. The average molecular weight is 466 g/mol. The summed E-state index contributed by atoms with van der Waals surface area (Å²) in [7, 11) is 1.76. The van der Waals surface area contributed by atoms with E-state index in [0.717, 1.165) is 47.8 Å². The molecule has 8 heteroatoms. The number of carbonyl (C=O) groups is 1. The molecule has 178 valence electrons. The standard InChI is InChI=1S/C26H29F2N5O/c1-29-15-21-12-20(22-16-31-32-17-22)3-6-25(21)30-14-18-8-10-33(11-9-18)26(34)7-4-19-2-5-23(27)13-24(19)28/h2-3,5-6,12-13,15-18,30H,4,7-11,14H2,1H3,(H,31,32). The molecule has 0 spiro atoms. The van der Waals surface area contributed by atoms with Gasteiger partial charge in [-0.25, -0.2) is 8.78 Å². The predicted octanol–water partition coefficient (Wildman–Crippen LogP) is 4.69. The zero-order valence-corrected chi connectivity index (χ0v) is 19.2. The Morgan fingerprint density at radius 2 is 2.03 bits per heavy atom. The average Bonchev–Trinajstić information content (AvgIpc) is 3.38. The molecule has 1 aromatic heterocycles. The van der Waals surface area contributed by atoms with Crippen LogP contribution in [0.15, 0.2) is 53.8 Å². The van der Waals surface area contributed by atoms with E-state index in [0.29, 0.717) is 24.6 Å². The maximum Gasteiger partial charge on any atom is 0.222 e. The van der Waals surface area contributed by atoms with E-state index in [1.807, 2.05) is 17.3 Å². The van der Waals surface area contributed by atoms with Crippen LogP contribution >= 0.6 is 0 Å². The number of rotatable bonds is 8. The number of aromatic amines is 1. The minimum absolute atomic E-state index is 0.0198. The van der Waals surface area contributed by atoms with Crippen LogP contribution in [-0.4, -0.2) is 53.9 Å². The molecule has 2 heterocycles. The Kier molecular flexibility index (Phi) is 7.67. The molecular formula is C26H29F2N5O. The van der Waals surface area contributed by atoms with Crippen LogP contribution in [0.5, 0.6) is 0 Å². The minimum Gasteiger partial charge on any atom is -0.384 e. The molecule has 0 unspecified atom stereocenters. The minimum atomic E-state index is -0.605. The fourth-order valence-corrected chi connectivity index (χ4v) is 4.32. The van der Waals surface area contributed by atoms with Gasteiger partial charge in [0.25, 0.3) is 0 Å². The third-order valence-corrected chi connectivity index (χ3v) is 6.32. The lowest BCUT2D eigenvalue weighted by Gasteiger charge is -2.32. The van der Waals surface area contributed by atoms with Crippen LogP contribution in [0.25, 0.3) is 11.1 Å². The van der Waals surface area contributed by atoms with E-state index in [4.69, 9.17) is 0 Å².